The number of hydrogen-bond acceptors (Lipinski definition) is 5. The maximum Gasteiger partial charge on any atom is 0.227 e. The third kappa shape index (κ3) is 5.71. The monoisotopic (exact) mass is 783 g/mol. The average Bonchev–Trinajstić information content (AvgIpc) is 3.96. The van der Waals surface area contributed by atoms with Crippen LogP contribution in [0.2, 0.25) is 0 Å². The lowest BCUT2D eigenvalue weighted by Gasteiger charge is -2.22. The largest absolute Gasteiger partial charge is 0.436 e. The van der Waals surface area contributed by atoms with Crippen molar-refractivity contribution >= 4 is 32.9 Å². The Kier molecular flexibility index (Phi) is 7.78. The van der Waals surface area contributed by atoms with Crippen molar-refractivity contribution in [2.45, 2.75) is 19.3 Å². The quantitative estimate of drug-likeness (QED) is 0.168. The smallest absolute Gasteiger partial charge is 0.227 e. The molecule has 6 heteroatoms. The Morgan fingerprint density at radius 3 is 1.52 bits per heavy atom. The molecule has 0 spiro atoms. The zero-order valence-corrected chi connectivity index (χ0v) is 33.5. The summed E-state index contributed by atoms with van der Waals surface area (Å²) in [6.45, 7) is 4.63. The number of fused-ring (bicyclic) bond motifs is 7. The molecular formula is C55H37N5O. The fourth-order valence-corrected chi connectivity index (χ4v) is 9.17. The number of aromatic nitrogens is 5. The predicted molar refractivity (Wildman–Crippen MR) is 246 cm³/mol. The van der Waals surface area contributed by atoms with E-state index in [1.807, 2.05) is 91.0 Å². The highest BCUT2D eigenvalue weighted by Gasteiger charge is 2.37. The first-order chi connectivity index (χ1) is 30.0. The Morgan fingerprint density at radius 2 is 0.902 bits per heavy atom. The van der Waals surface area contributed by atoms with Crippen molar-refractivity contribution < 1.29 is 4.42 Å². The van der Waals surface area contributed by atoms with E-state index in [1.165, 1.54) is 27.8 Å². The summed E-state index contributed by atoms with van der Waals surface area (Å²) in [6, 6.07) is 65.7. The maximum absolute atomic E-state index is 6.34. The minimum Gasteiger partial charge on any atom is -0.436 e. The number of rotatable bonds is 6. The van der Waals surface area contributed by atoms with Gasteiger partial charge in [0.1, 0.15) is 5.52 Å². The lowest BCUT2D eigenvalue weighted by molar-refractivity contribution is 0.614. The molecule has 11 aromatic rings. The van der Waals surface area contributed by atoms with Crippen LogP contribution < -0.4 is 0 Å². The molecule has 0 saturated carbocycles. The fourth-order valence-electron chi connectivity index (χ4n) is 9.17. The molecule has 288 valence electrons. The number of nitrogens with zero attached hydrogens (tertiary/aromatic N) is 5. The van der Waals surface area contributed by atoms with Gasteiger partial charge in [0.2, 0.25) is 5.89 Å². The SMILES string of the molecule is CC1(C)c2cc(-c3ccc4c(c3)c3cc(-c5nc(-c6ccccc6)nc(-c6ccccc6)n5)ccc3n4-c3ccccc3)ccc2-c2cc3nc(-c4ccccc4)oc3cc21. The van der Waals surface area contributed by atoms with Gasteiger partial charge in [-0.2, -0.15) is 0 Å². The molecule has 6 nitrogen and oxygen atoms in total. The molecule has 0 amide bonds. The van der Waals surface area contributed by atoms with Crippen molar-refractivity contribution in [2.75, 3.05) is 0 Å². The standard InChI is InChI=1S/C55H37N5O/c1-55(2)45-31-38(23-26-41(45)42-32-47-50(33-46(42)55)61-54(56-47)36-19-11-5-12-20-36)37-24-27-48-43(29-37)44-30-39(25-28-49(44)60(48)40-21-13-6-14-22-40)53-58-51(34-15-7-3-8-16-34)57-52(59-53)35-17-9-4-10-18-35/h3-33H,1-2H3. The zero-order chi connectivity index (χ0) is 40.7. The Hall–Kier alpha value is -7.96. The summed E-state index contributed by atoms with van der Waals surface area (Å²) < 4.78 is 8.69. The van der Waals surface area contributed by atoms with Gasteiger partial charge in [-0.1, -0.05) is 129 Å². The molecule has 0 N–H and O–H groups in total. The van der Waals surface area contributed by atoms with Crippen LogP contribution >= 0.6 is 0 Å². The van der Waals surface area contributed by atoms with Crippen molar-refractivity contribution in [3.8, 4) is 73.6 Å². The van der Waals surface area contributed by atoms with Crippen LogP contribution in [-0.2, 0) is 5.41 Å². The number of para-hydroxylation sites is 1. The summed E-state index contributed by atoms with van der Waals surface area (Å²) in [5.74, 6) is 2.56. The van der Waals surface area contributed by atoms with Gasteiger partial charge in [0.15, 0.2) is 23.1 Å². The molecule has 0 bridgehead atoms. The van der Waals surface area contributed by atoms with Gasteiger partial charge in [0.05, 0.1) is 11.0 Å². The molecule has 61 heavy (non-hydrogen) atoms. The summed E-state index contributed by atoms with van der Waals surface area (Å²) >= 11 is 0. The van der Waals surface area contributed by atoms with Crippen LogP contribution in [0, 0.1) is 0 Å². The van der Waals surface area contributed by atoms with Crippen LogP contribution in [-0.4, -0.2) is 24.5 Å². The second-order valence-corrected chi connectivity index (χ2v) is 16.3. The van der Waals surface area contributed by atoms with Crippen LogP contribution in [0.1, 0.15) is 25.0 Å². The van der Waals surface area contributed by atoms with Crippen molar-refractivity contribution in [3.05, 3.63) is 199 Å². The molecule has 3 heterocycles. The van der Waals surface area contributed by atoms with Crippen molar-refractivity contribution in [2.24, 2.45) is 0 Å². The minimum atomic E-state index is -0.237. The minimum absolute atomic E-state index is 0.237. The van der Waals surface area contributed by atoms with Crippen LogP contribution in [0.15, 0.2) is 192 Å². The first-order valence-electron chi connectivity index (χ1n) is 20.6. The molecule has 0 fully saturated rings. The maximum atomic E-state index is 6.34. The number of hydrogen-bond donors (Lipinski definition) is 0. The Bertz CT molecular complexity index is 3420. The van der Waals surface area contributed by atoms with Gasteiger partial charge < -0.3 is 8.98 Å². The van der Waals surface area contributed by atoms with Crippen LogP contribution in [0.4, 0.5) is 0 Å². The summed E-state index contributed by atoms with van der Waals surface area (Å²) in [6.07, 6.45) is 0. The summed E-state index contributed by atoms with van der Waals surface area (Å²) in [4.78, 5) is 20.0. The molecule has 8 aromatic carbocycles. The average molecular weight is 784 g/mol. The highest BCUT2D eigenvalue weighted by Crippen LogP contribution is 2.51. The van der Waals surface area contributed by atoms with Gasteiger partial charge in [0, 0.05) is 44.1 Å². The first kappa shape index (κ1) is 35.0. The van der Waals surface area contributed by atoms with E-state index in [0.29, 0.717) is 23.4 Å². The van der Waals surface area contributed by atoms with E-state index in [9.17, 15) is 0 Å². The topological polar surface area (TPSA) is 69.6 Å². The van der Waals surface area contributed by atoms with Gasteiger partial charge in [-0.05, 0) is 106 Å². The normalized spacial score (nSPS) is 12.9. The Morgan fingerprint density at radius 1 is 0.410 bits per heavy atom. The molecule has 0 radical (unpaired) electrons. The van der Waals surface area contributed by atoms with Gasteiger partial charge >= 0.3 is 0 Å². The highest BCUT2D eigenvalue weighted by atomic mass is 16.3. The molecule has 0 atom stereocenters. The Labute approximate surface area is 352 Å². The summed E-state index contributed by atoms with van der Waals surface area (Å²) in [7, 11) is 0. The van der Waals surface area contributed by atoms with Crippen molar-refractivity contribution in [1.82, 2.24) is 24.5 Å². The second-order valence-electron chi connectivity index (χ2n) is 16.3. The van der Waals surface area contributed by atoms with Crippen LogP contribution in [0.3, 0.4) is 0 Å². The molecule has 1 aliphatic rings. The first-order valence-corrected chi connectivity index (χ1v) is 20.6. The van der Waals surface area contributed by atoms with Crippen molar-refractivity contribution in [3.63, 3.8) is 0 Å². The lowest BCUT2D eigenvalue weighted by atomic mass is 9.81. The van der Waals surface area contributed by atoms with E-state index in [1.54, 1.807) is 0 Å². The second kappa shape index (κ2) is 13.5. The van der Waals surface area contributed by atoms with E-state index >= 15 is 0 Å². The van der Waals surface area contributed by atoms with E-state index < -0.39 is 0 Å². The molecular weight excluding hydrogens is 747 g/mol. The molecule has 12 rings (SSSR count). The van der Waals surface area contributed by atoms with Crippen LogP contribution in [0.25, 0.3) is 106 Å². The van der Waals surface area contributed by atoms with Gasteiger partial charge in [-0.25, -0.2) is 19.9 Å². The lowest BCUT2D eigenvalue weighted by Crippen LogP contribution is -2.15. The van der Waals surface area contributed by atoms with E-state index in [-0.39, 0.29) is 5.41 Å². The molecule has 0 unspecified atom stereocenters. The summed E-state index contributed by atoms with van der Waals surface area (Å²) in [5, 5.41) is 2.28. The third-order valence-corrected chi connectivity index (χ3v) is 12.3. The van der Waals surface area contributed by atoms with Gasteiger partial charge in [0.25, 0.3) is 0 Å². The number of oxazole rings is 1. The summed E-state index contributed by atoms with van der Waals surface area (Å²) in [5.41, 5.74) is 15.9. The van der Waals surface area contributed by atoms with E-state index in [2.05, 4.69) is 115 Å². The van der Waals surface area contributed by atoms with Gasteiger partial charge in [-0.3, -0.25) is 0 Å². The van der Waals surface area contributed by atoms with Crippen LogP contribution in [0.5, 0.6) is 0 Å². The van der Waals surface area contributed by atoms with E-state index in [4.69, 9.17) is 24.4 Å². The molecule has 0 aliphatic heterocycles. The fraction of sp³-hybridized carbons (Fsp3) is 0.0545. The van der Waals surface area contributed by atoms with Gasteiger partial charge in [-0.15, -0.1) is 0 Å². The highest BCUT2D eigenvalue weighted by molar-refractivity contribution is 6.11. The zero-order valence-electron chi connectivity index (χ0n) is 33.5. The molecule has 3 aromatic heterocycles. The predicted octanol–water partition coefficient (Wildman–Crippen LogP) is 13.8. The Balaban J connectivity index is 1.00. The third-order valence-electron chi connectivity index (χ3n) is 12.3. The number of benzene rings is 8. The van der Waals surface area contributed by atoms with E-state index in [0.717, 1.165) is 66.4 Å². The van der Waals surface area contributed by atoms with Crippen molar-refractivity contribution in [1.29, 1.82) is 0 Å². The molecule has 1 aliphatic carbocycles. The molecule has 0 saturated heterocycles.